The first kappa shape index (κ1) is 26.6. The summed E-state index contributed by atoms with van der Waals surface area (Å²) < 4.78 is 11.1. The lowest BCUT2D eigenvalue weighted by Gasteiger charge is -2.21. The number of furan rings is 1. The quantitative estimate of drug-likeness (QED) is 0.155. The molecule has 0 spiro atoms. The fourth-order valence-corrected chi connectivity index (χ4v) is 4.80. The molecule has 1 N–H and O–H groups in total. The third-order valence-electron chi connectivity index (χ3n) is 6.85. The molecule has 0 saturated carbocycles. The van der Waals surface area contributed by atoms with E-state index in [-0.39, 0.29) is 11.9 Å². The lowest BCUT2D eigenvalue weighted by Crippen LogP contribution is -2.24. The highest BCUT2D eigenvalue weighted by Crippen LogP contribution is 2.36. The van der Waals surface area contributed by atoms with Crippen molar-refractivity contribution in [1.82, 2.24) is 0 Å². The van der Waals surface area contributed by atoms with Crippen LogP contribution < -0.4 is 10.2 Å². The van der Waals surface area contributed by atoms with Gasteiger partial charge in [0.1, 0.15) is 11.5 Å². The van der Waals surface area contributed by atoms with E-state index in [2.05, 4.69) is 5.32 Å². The minimum absolute atomic E-state index is 0.144. The summed E-state index contributed by atoms with van der Waals surface area (Å²) in [4.78, 5) is 27.5. The minimum Gasteiger partial charge on any atom is -0.462 e. The van der Waals surface area contributed by atoms with Gasteiger partial charge in [0.05, 0.1) is 17.9 Å². The molecule has 1 aromatic heterocycles. The maximum absolute atomic E-state index is 13.8. The highest BCUT2D eigenvalue weighted by molar-refractivity contribution is 6.23. The summed E-state index contributed by atoms with van der Waals surface area (Å²) in [6, 6.07) is 38.3. The largest absolute Gasteiger partial charge is 0.462 e. The number of benzene rings is 4. The van der Waals surface area contributed by atoms with E-state index in [0.29, 0.717) is 29.3 Å². The van der Waals surface area contributed by atoms with Crippen molar-refractivity contribution in [3.8, 4) is 11.3 Å². The molecule has 1 amide bonds. The number of nitrogens with zero attached hydrogens (tertiary/aromatic N) is 1. The van der Waals surface area contributed by atoms with E-state index in [1.807, 2.05) is 115 Å². The molecule has 2 heterocycles. The van der Waals surface area contributed by atoms with Crippen LogP contribution in [0.25, 0.3) is 23.1 Å². The second-order valence-electron chi connectivity index (χ2n) is 9.67. The summed E-state index contributed by atoms with van der Waals surface area (Å²) in [6.07, 6.45) is 3.65. The summed E-state index contributed by atoms with van der Waals surface area (Å²) >= 11 is 0. The smallest absolute Gasteiger partial charge is 0.338 e. The van der Waals surface area contributed by atoms with Gasteiger partial charge in [-0.15, -0.1) is 0 Å². The average Bonchev–Trinajstić information content (AvgIpc) is 3.63. The van der Waals surface area contributed by atoms with Crippen LogP contribution in [0.15, 0.2) is 137 Å². The Morgan fingerprint density at radius 2 is 1.45 bits per heavy atom. The fraction of sp³-hybridized carbons (Fsp3) is 0.0556. The van der Waals surface area contributed by atoms with Gasteiger partial charge in [0.2, 0.25) is 0 Å². The molecule has 4 aromatic carbocycles. The van der Waals surface area contributed by atoms with E-state index in [0.717, 1.165) is 33.9 Å². The van der Waals surface area contributed by atoms with Crippen LogP contribution in [0, 0.1) is 0 Å². The Morgan fingerprint density at radius 1 is 0.786 bits per heavy atom. The normalized spacial score (nSPS) is 13.7. The van der Waals surface area contributed by atoms with Gasteiger partial charge in [0.15, 0.2) is 0 Å². The predicted octanol–water partition coefficient (Wildman–Crippen LogP) is 8.34. The molecule has 1 aliphatic rings. The Kier molecular flexibility index (Phi) is 7.51. The van der Waals surface area contributed by atoms with Crippen LogP contribution in [0.2, 0.25) is 0 Å². The van der Waals surface area contributed by atoms with Crippen molar-refractivity contribution in [2.75, 3.05) is 16.8 Å². The SMILES string of the molecule is CCOC(=O)c1ccc(-c2ccc(/C=C3/C=C(c4ccccc4)N(c4ccc(Nc5ccccc5)cc4)C3=O)o2)cc1. The van der Waals surface area contributed by atoms with Crippen LogP contribution in [0.4, 0.5) is 17.1 Å². The van der Waals surface area contributed by atoms with Crippen molar-refractivity contribution >= 4 is 40.7 Å². The third kappa shape index (κ3) is 5.64. The molecular weight excluding hydrogens is 524 g/mol. The van der Waals surface area contributed by atoms with Crippen LogP contribution in [0.1, 0.15) is 28.6 Å². The standard InChI is InChI=1S/C36H28N2O4/c1-2-41-36(40)27-15-13-26(14-16-27)34-22-21-32(42-34)23-28-24-33(25-9-5-3-6-10-25)38(35(28)39)31-19-17-30(18-20-31)37-29-11-7-4-8-12-29/h3-24,37H,2H2,1H3/b28-23-. The van der Waals surface area contributed by atoms with E-state index in [1.165, 1.54) is 0 Å². The Labute approximate surface area is 244 Å². The first-order valence-corrected chi connectivity index (χ1v) is 13.7. The molecule has 0 unspecified atom stereocenters. The first-order valence-electron chi connectivity index (χ1n) is 13.7. The van der Waals surface area contributed by atoms with E-state index < -0.39 is 0 Å². The average molecular weight is 553 g/mol. The number of carbonyl (C=O) groups excluding carboxylic acids is 2. The molecular formula is C36H28N2O4. The third-order valence-corrected chi connectivity index (χ3v) is 6.85. The van der Waals surface area contributed by atoms with Crippen LogP contribution in [0.3, 0.4) is 0 Å². The zero-order valence-corrected chi connectivity index (χ0v) is 23.0. The van der Waals surface area contributed by atoms with E-state index in [1.54, 1.807) is 30.0 Å². The number of anilines is 3. The number of ether oxygens (including phenoxy) is 1. The van der Waals surface area contributed by atoms with Gasteiger partial charge in [0, 0.05) is 28.2 Å². The Hall–Kier alpha value is -5.62. The van der Waals surface area contributed by atoms with Crippen LogP contribution in [-0.4, -0.2) is 18.5 Å². The van der Waals surface area contributed by atoms with Crippen molar-refractivity contribution in [2.24, 2.45) is 0 Å². The fourth-order valence-electron chi connectivity index (χ4n) is 4.80. The summed E-state index contributed by atoms with van der Waals surface area (Å²) in [7, 11) is 0. The highest BCUT2D eigenvalue weighted by atomic mass is 16.5. The van der Waals surface area contributed by atoms with E-state index in [9.17, 15) is 9.59 Å². The topological polar surface area (TPSA) is 71.8 Å². The summed E-state index contributed by atoms with van der Waals surface area (Å²) in [5.74, 6) is 0.680. The summed E-state index contributed by atoms with van der Waals surface area (Å²) in [5, 5.41) is 3.38. The highest BCUT2D eigenvalue weighted by Gasteiger charge is 2.30. The molecule has 0 saturated heterocycles. The zero-order chi connectivity index (χ0) is 28.9. The van der Waals surface area contributed by atoms with Crippen LogP contribution in [0.5, 0.6) is 0 Å². The lowest BCUT2D eigenvalue weighted by atomic mass is 10.1. The first-order chi connectivity index (χ1) is 20.6. The van der Waals surface area contributed by atoms with Gasteiger partial charge in [-0.25, -0.2) is 4.79 Å². The maximum Gasteiger partial charge on any atom is 0.338 e. The molecule has 5 aromatic rings. The number of carbonyl (C=O) groups is 2. The van der Waals surface area contributed by atoms with Gasteiger partial charge in [0.25, 0.3) is 5.91 Å². The Morgan fingerprint density at radius 3 is 2.14 bits per heavy atom. The molecule has 6 heteroatoms. The molecule has 6 rings (SSSR count). The Bertz CT molecular complexity index is 1770. The van der Waals surface area contributed by atoms with E-state index >= 15 is 0 Å². The van der Waals surface area contributed by atoms with Gasteiger partial charge in [-0.05, 0) is 85.3 Å². The number of esters is 1. The van der Waals surface area contributed by atoms with Crippen LogP contribution in [-0.2, 0) is 9.53 Å². The molecule has 1 aliphatic heterocycles. The number of nitrogens with one attached hydrogen (secondary N) is 1. The lowest BCUT2D eigenvalue weighted by molar-refractivity contribution is -0.113. The van der Waals surface area contributed by atoms with Crippen molar-refractivity contribution < 1.29 is 18.7 Å². The van der Waals surface area contributed by atoms with Gasteiger partial charge in [-0.3, -0.25) is 9.69 Å². The van der Waals surface area contributed by atoms with Gasteiger partial charge in [-0.2, -0.15) is 0 Å². The molecule has 0 fully saturated rings. The molecule has 0 atom stereocenters. The van der Waals surface area contributed by atoms with E-state index in [4.69, 9.17) is 9.15 Å². The summed E-state index contributed by atoms with van der Waals surface area (Å²) in [5.41, 5.74) is 6.21. The molecule has 206 valence electrons. The van der Waals surface area contributed by atoms with Crippen molar-refractivity contribution in [3.63, 3.8) is 0 Å². The second kappa shape index (κ2) is 11.9. The predicted molar refractivity (Wildman–Crippen MR) is 166 cm³/mol. The number of hydrogen-bond donors (Lipinski definition) is 1. The number of amides is 1. The van der Waals surface area contributed by atoms with Crippen LogP contribution >= 0.6 is 0 Å². The second-order valence-corrected chi connectivity index (χ2v) is 9.67. The molecule has 42 heavy (non-hydrogen) atoms. The molecule has 0 radical (unpaired) electrons. The molecule has 0 bridgehead atoms. The van der Waals surface area contributed by atoms with Gasteiger partial charge >= 0.3 is 5.97 Å². The Balaban J connectivity index is 1.27. The van der Waals surface area contributed by atoms with Gasteiger partial charge < -0.3 is 14.5 Å². The number of hydrogen-bond acceptors (Lipinski definition) is 5. The van der Waals surface area contributed by atoms with Gasteiger partial charge in [-0.1, -0.05) is 60.7 Å². The maximum atomic E-state index is 13.8. The summed E-state index contributed by atoms with van der Waals surface area (Å²) in [6.45, 7) is 2.10. The van der Waals surface area contributed by atoms with Crippen molar-refractivity contribution in [2.45, 2.75) is 6.92 Å². The number of para-hydroxylation sites is 1. The monoisotopic (exact) mass is 552 g/mol. The minimum atomic E-state index is -0.360. The number of rotatable bonds is 8. The van der Waals surface area contributed by atoms with Crippen molar-refractivity contribution in [1.29, 1.82) is 0 Å². The molecule has 6 nitrogen and oxygen atoms in total. The zero-order valence-electron chi connectivity index (χ0n) is 23.0. The van der Waals surface area contributed by atoms with Crippen molar-refractivity contribution in [3.05, 3.63) is 150 Å². The molecule has 0 aliphatic carbocycles.